The van der Waals surface area contributed by atoms with Gasteiger partial charge in [0.1, 0.15) is 0 Å². The second-order valence-electron chi connectivity index (χ2n) is 1.94. The van der Waals surface area contributed by atoms with Crippen molar-refractivity contribution in [3.8, 4) is 0 Å². The van der Waals surface area contributed by atoms with Crippen molar-refractivity contribution in [2.45, 2.75) is 6.92 Å². The Bertz CT molecular complexity index is 309. The van der Waals surface area contributed by atoms with Crippen LogP contribution in [0.4, 0.5) is 0 Å². The molecule has 1 N–H and O–H groups in total. The first-order chi connectivity index (χ1) is 4.63. The summed E-state index contributed by atoms with van der Waals surface area (Å²) in [6.45, 7) is 1.31. The van der Waals surface area contributed by atoms with E-state index < -0.39 is 5.63 Å². The number of carbonyl (C=O) groups excluding carboxylic acids is 1. The Balaban J connectivity index is 3.37. The Morgan fingerprint density at radius 1 is 1.70 bits per heavy atom. The Hall–Kier alpha value is -1.39. The maximum Gasteiger partial charge on any atom is 0.438 e. The zero-order valence-electron chi connectivity index (χ0n) is 5.67. The molecule has 0 aliphatic carbocycles. The minimum atomic E-state index is -0.630. The van der Waals surface area contributed by atoms with Gasteiger partial charge in [-0.05, 0) is 5.27 Å². The van der Waals surface area contributed by atoms with Gasteiger partial charge in [-0.15, -0.1) is 0 Å². The van der Waals surface area contributed by atoms with E-state index in [1.807, 2.05) is 0 Å². The van der Waals surface area contributed by atoms with Crippen molar-refractivity contribution in [2.24, 2.45) is 7.05 Å². The molecule has 0 aliphatic heterocycles. The average molecular weight is 143 g/mol. The first-order valence-electron chi connectivity index (χ1n) is 2.71. The van der Waals surface area contributed by atoms with Crippen molar-refractivity contribution in [2.75, 3.05) is 0 Å². The number of rotatable bonds is 1. The molecular formula is C5H7N2O3+. The largest absolute Gasteiger partial charge is 0.438 e. The van der Waals surface area contributed by atoms with Crippen molar-refractivity contribution in [3.63, 3.8) is 0 Å². The first-order valence-corrected chi connectivity index (χ1v) is 2.71. The summed E-state index contributed by atoms with van der Waals surface area (Å²) in [5.41, 5.74) is -0.602. The summed E-state index contributed by atoms with van der Waals surface area (Å²) in [5.74, 6) is -0.308. The molecule has 5 nitrogen and oxygen atoms in total. The molecule has 1 rings (SSSR count). The fourth-order valence-electron chi connectivity index (χ4n) is 0.721. The number of nitrogens with zero attached hydrogens (tertiary/aromatic N) is 1. The van der Waals surface area contributed by atoms with Crippen LogP contribution in [-0.4, -0.2) is 11.1 Å². The molecule has 0 radical (unpaired) electrons. The Labute approximate surface area is 56.2 Å². The van der Waals surface area contributed by atoms with Crippen LogP contribution < -0.4 is 10.3 Å². The summed E-state index contributed by atoms with van der Waals surface area (Å²) in [6, 6.07) is 0. The summed E-state index contributed by atoms with van der Waals surface area (Å²) in [6.07, 6.45) is 0. The van der Waals surface area contributed by atoms with E-state index in [0.29, 0.717) is 0 Å². The van der Waals surface area contributed by atoms with E-state index in [-0.39, 0.29) is 11.5 Å². The Kier molecular flexibility index (Phi) is 1.41. The summed E-state index contributed by atoms with van der Waals surface area (Å²) in [7, 11) is 1.53. The van der Waals surface area contributed by atoms with Gasteiger partial charge in [-0.25, -0.2) is 4.79 Å². The van der Waals surface area contributed by atoms with Gasteiger partial charge in [0.05, 0.1) is 0 Å². The molecule has 0 atom stereocenters. The predicted octanol–water partition coefficient (Wildman–Crippen LogP) is -1.01. The number of nitrogens with one attached hydrogen (secondary N) is 1. The molecule has 0 saturated carbocycles. The molecule has 0 amide bonds. The number of Topliss-reactive ketones (excluding diaryl/α,β-unsaturated/α-hetero) is 1. The minimum Gasteiger partial charge on any atom is -0.287 e. The number of carbonyl (C=O) groups is 1. The smallest absolute Gasteiger partial charge is 0.287 e. The molecule has 0 saturated heterocycles. The zero-order valence-corrected chi connectivity index (χ0v) is 5.67. The lowest BCUT2D eigenvalue weighted by molar-refractivity contribution is -0.741. The third-order valence-corrected chi connectivity index (χ3v) is 1.14. The van der Waals surface area contributed by atoms with Crippen molar-refractivity contribution in [1.82, 2.24) is 5.27 Å². The number of ketones is 1. The monoisotopic (exact) mass is 143 g/mol. The molecule has 1 aromatic heterocycles. The molecule has 54 valence electrons. The highest BCUT2D eigenvalue weighted by Gasteiger charge is 2.21. The molecule has 0 bridgehead atoms. The predicted molar refractivity (Wildman–Crippen MR) is 30.5 cm³/mol. The van der Waals surface area contributed by atoms with E-state index in [4.69, 9.17) is 0 Å². The number of H-pyrrole nitrogens is 1. The van der Waals surface area contributed by atoms with Crippen LogP contribution in [0.2, 0.25) is 0 Å². The zero-order chi connectivity index (χ0) is 7.72. The quantitative estimate of drug-likeness (QED) is 0.405. The van der Waals surface area contributed by atoms with E-state index in [0.717, 1.165) is 0 Å². The molecule has 0 aliphatic rings. The van der Waals surface area contributed by atoms with Gasteiger partial charge in [-0.2, -0.15) is 0 Å². The molecule has 1 aromatic rings. The lowest BCUT2D eigenvalue weighted by Gasteiger charge is -1.76. The van der Waals surface area contributed by atoms with Gasteiger partial charge >= 0.3 is 11.3 Å². The van der Waals surface area contributed by atoms with Crippen molar-refractivity contribution >= 4 is 5.78 Å². The second kappa shape index (κ2) is 2.09. The van der Waals surface area contributed by atoms with E-state index >= 15 is 0 Å². The van der Waals surface area contributed by atoms with Crippen LogP contribution in [0, 0.1) is 0 Å². The average Bonchev–Trinajstić information content (AvgIpc) is 2.11. The van der Waals surface area contributed by atoms with Gasteiger partial charge in [0, 0.05) is 6.92 Å². The van der Waals surface area contributed by atoms with Gasteiger partial charge < -0.3 is 0 Å². The molecule has 10 heavy (non-hydrogen) atoms. The highest BCUT2D eigenvalue weighted by molar-refractivity contribution is 5.90. The van der Waals surface area contributed by atoms with Crippen molar-refractivity contribution in [3.05, 3.63) is 16.1 Å². The van der Waals surface area contributed by atoms with Gasteiger partial charge in [0.15, 0.2) is 7.05 Å². The molecule has 0 spiro atoms. The summed E-state index contributed by atoms with van der Waals surface area (Å²) >= 11 is 0. The Morgan fingerprint density at radius 3 is 2.50 bits per heavy atom. The summed E-state index contributed by atoms with van der Waals surface area (Å²) in [4.78, 5) is 21.3. The lowest BCUT2D eigenvalue weighted by Crippen LogP contribution is -2.38. The van der Waals surface area contributed by atoms with E-state index in [1.165, 1.54) is 18.7 Å². The van der Waals surface area contributed by atoms with Crippen LogP contribution in [0.15, 0.2) is 9.32 Å². The van der Waals surface area contributed by atoms with Gasteiger partial charge in [0.25, 0.3) is 0 Å². The lowest BCUT2D eigenvalue weighted by atomic mass is 10.3. The minimum absolute atomic E-state index is 0.0278. The third kappa shape index (κ3) is 0.854. The van der Waals surface area contributed by atoms with E-state index in [1.54, 1.807) is 0 Å². The molecule has 5 heteroatoms. The molecule has 0 fully saturated rings. The SMILES string of the molecule is CC(=O)c1c(=O)o[nH][n+]1C. The fourth-order valence-corrected chi connectivity index (χ4v) is 0.721. The first kappa shape index (κ1) is 6.73. The van der Waals surface area contributed by atoms with Gasteiger partial charge in [-0.3, -0.25) is 9.32 Å². The maximum absolute atomic E-state index is 10.6. The highest BCUT2D eigenvalue weighted by atomic mass is 16.5. The third-order valence-electron chi connectivity index (χ3n) is 1.14. The van der Waals surface area contributed by atoms with Crippen LogP contribution in [0.25, 0.3) is 0 Å². The van der Waals surface area contributed by atoms with E-state index in [2.05, 4.69) is 9.79 Å². The van der Waals surface area contributed by atoms with Gasteiger partial charge in [-0.1, -0.05) is 4.68 Å². The molecule has 1 heterocycles. The standard InChI is InChI=1S/C5H6N2O3/c1-3(8)4-5(9)10-6-7(4)2/h1-2H3/p+1. The Morgan fingerprint density at radius 2 is 2.30 bits per heavy atom. The number of hydrogen-bond donors (Lipinski definition) is 1. The maximum atomic E-state index is 10.6. The van der Waals surface area contributed by atoms with Crippen LogP contribution in [0.5, 0.6) is 0 Å². The number of aromatic nitrogens is 2. The molecule has 0 unspecified atom stereocenters. The fraction of sp³-hybridized carbons (Fsp3) is 0.400. The van der Waals surface area contributed by atoms with Crippen LogP contribution in [0.3, 0.4) is 0 Å². The van der Waals surface area contributed by atoms with Crippen molar-refractivity contribution < 1.29 is 14.0 Å². The normalized spacial score (nSPS) is 9.80. The van der Waals surface area contributed by atoms with Crippen LogP contribution in [-0.2, 0) is 7.05 Å². The highest BCUT2D eigenvalue weighted by Crippen LogP contribution is 1.79. The topological polar surface area (TPSA) is 67.0 Å². The second-order valence-corrected chi connectivity index (χ2v) is 1.94. The van der Waals surface area contributed by atoms with Crippen molar-refractivity contribution in [1.29, 1.82) is 0 Å². The van der Waals surface area contributed by atoms with Gasteiger partial charge in [0.2, 0.25) is 5.78 Å². The number of hydrogen-bond acceptors (Lipinski definition) is 3. The van der Waals surface area contributed by atoms with E-state index in [9.17, 15) is 9.59 Å². The number of aromatic amines is 1. The number of aryl methyl sites for hydroxylation is 1. The van der Waals surface area contributed by atoms with Crippen LogP contribution in [0.1, 0.15) is 17.4 Å². The molecule has 0 aromatic carbocycles. The summed E-state index contributed by atoms with van der Waals surface area (Å²) in [5, 5.41) is 2.23. The summed E-state index contributed by atoms with van der Waals surface area (Å²) < 4.78 is 5.56. The van der Waals surface area contributed by atoms with Crippen LogP contribution >= 0.6 is 0 Å². The molecular weight excluding hydrogens is 136 g/mol.